The molecule has 0 bridgehead atoms. The first-order valence-electron chi connectivity index (χ1n) is 6.54. The van der Waals surface area contributed by atoms with E-state index in [9.17, 15) is 15.3 Å². The standard InChI is InChI=1S/C16H19BrO3/c1-8(2)11-7-13(18)9(3)4-12(11)16-14(19)5-10(17)6-15(16)20/h4-6,11-13,18-20H,1,7H2,2-3H3/t11-,12+,13+/m0/s1. The Morgan fingerprint density at radius 1 is 1.30 bits per heavy atom. The summed E-state index contributed by atoms with van der Waals surface area (Å²) < 4.78 is 0.625. The van der Waals surface area contributed by atoms with E-state index in [4.69, 9.17) is 0 Å². The van der Waals surface area contributed by atoms with Crippen LogP contribution in [-0.2, 0) is 0 Å². The molecule has 1 aliphatic rings. The molecule has 4 heteroatoms. The van der Waals surface area contributed by atoms with Crippen LogP contribution in [0.1, 0.15) is 31.7 Å². The second-order valence-electron chi connectivity index (χ2n) is 5.50. The molecule has 0 heterocycles. The fourth-order valence-electron chi connectivity index (χ4n) is 2.81. The topological polar surface area (TPSA) is 60.7 Å². The minimum absolute atomic E-state index is 0.00771. The van der Waals surface area contributed by atoms with Crippen molar-refractivity contribution in [1.29, 1.82) is 0 Å². The van der Waals surface area contributed by atoms with E-state index in [0.717, 1.165) is 11.1 Å². The maximum absolute atomic E-state index is 10.2. The highest BCUT2D eigenvalue weighted by Crippen LogP contribution is 2.46. The third-order valence-electron chi connectivity index (χ3n) is 3.95. The van der Waals surface area contributed by atoms with Crippen molar-refractivity contribution in [2.45, 2.75) is 32.3 Å². The maximum Gasteiger partial charge on any atom is 0.124 e. The van der Waals surface area contributed by atoms with Gasteiger partial charge in [0.25, 0.3) is 0 Å². The molecular weight excluding hydrogens is 320 g/mol. The van der Waals surface area contributed by atoms with Crippen LogP contribution in [-0.4, -0.2) is 21.4 Å². The Labute approximate surface area is 127 Å². The van der Waals surface area contributed by atoms with Gasteiger partial charge in [-0.15, -0.1) is 0 Å². The second-order valence-corrected chi connectivity index (χ2v) is 6.41. The first-order valence-corrected chi connectivity index (χ1v) is 7.33. The van der Waals surface area contributed by atoms with Gasteiger partial charge in [-0.05, 0) is 43.9 Å². The number of phenolic OH excluding ortho intramolecular Hbond substituents is 2. The van der Waals surface area contributed by atoms with Crippen molar-refractivity contribution in [3.8, 4) is 11.5 Å². The Balaban J connectivity index is 2.56. The molecule has 0 saturated carbocycles. The van der Waals surface area contributed by atoms with Gasteiger partial charge in [0, 0.05) is 16.0 Å². The Morgan fingerprint density at radius 2 is 1.85 bits per heavy atom. The zero-order valence-corrected chi connectivity index (χ0v) is 13.2. The number of hydrogen-bond donors (Lipinski definition) is 3. The van der Waals surface area contributed by atoms with Gasteiger partial charge in [-0.25, -0.2) is 0 Å². The molecule has 1 aliphatic carbocycles. The molecular formula is C16H19BrO3. The highest BCUT2D eigenvalue weighted by atomic mass is 79.9. The van der Waals surface area contributed by atoms with Gasteiger partial charge in [-0.2, -0.15) is 0 Å². The van der Waals surface area contributed by atoms with Crippen molar-refractivity contribution >= 4 is 15.9 Å². The Kier molecular flexibility index (Phi) is 4.25. The Morgan fingerprint density at radius 3 is 2.35 bits per heavy atom. The van der Waals surface area contributed by atoms with Gasteiger partial charge in [0.05, 0.1) is 6.10 Å². The predicted octanol–water partition coefficient (Wildman–Crippen LogP) is 3.85. The molecule has 3 N–H and O–H groups in total. The van der Waals surface area contributed by atoms with Gasteiger partial charge in [-0.1, -0.05) is 34.2 Å². The molecule has 0 aliphatic heterocycles. The average Bonchev–Trinajstić information content (AvgIpc) is 2.31. The van der Waals surface area contributed by atoms with Crippen LogP contribution in [0.5, 0.6) is 11.5 Å². The summed E-state index contributed by atoms with van der Waals surface area (Å²) in [4.78, 5) is 0. The number of aliphatic hydroxyl groups is 1. The second kappa shape index (κ2) is 5.62. The summed E-state index contributed by atoms with van der Waals surface area (Å²) in [6.07, 6.45) is 1.97. The van der Waals surface area contributed by atoms with E-state index >= 15 is 0 Å². The minimum atomic E-state index is -0.493. The predicted molar refractivity (Wildman–Crippen MR) is 82.9 cm³/mol. The van der Waals surface area contributed by atoms with Crippen LogP contribution < -0.4 is 0 Å². The molecule has 0 saturated heterocycles. The van der Waals surface area contributed by atoms with Gasteiger partial charge in [0.15, 0.2) is 0 Å². The molecule has 0 unspecified atom stereocenters. The van der Waals surface area contributed by atoms with Gasteiger partial charge >= 0.3 is 0 Å². The Bertz CT molecular complexity index is 554. The molecule has 20 heavy (non-hydrogen) atoms. The van der Waals surface area contributed by atoms with Gasteiger partial charge in [-0.3, -0.25) is 0 Å². The van der Waals surface area contributed by atoms with Crippen molar-refractivity contribution in [2.24, 2.45) is 5.92 Å². The van der Waals surface area contributed by atoms with Crippen LogP contribution in [0.2, 0.25) is 0 Å². The van der Waals surface area contributed by atoms with Crippen molar-refractivity contribution in [3.63, 3.8) is 0 Å². The highest BCUT2D eigenvalue weighted by Gasteiger charge is 2.33. The molecule has 2 rings (SSSR count). The van der Waals surface area contributed by atoms with E-state index < -0.39 is 6.10 Å². The monoisotopic (exact) mass is 338 g/mol. The zero-order chi connectivity index (χ0) is 15.0. The quantitative estimate of drug-likeness (QED) is 0.718. The number of halogens is 1. The zero-order valence-electron chi connectivity index (χ0n) is 11.6. The van der Waals surface area contributed by atoms with E-state index in [1.165, 1.54) is 0 Å². The highest BCUT2D eigenvalue weighted by molar-refractivity contribution is 9.10. The largest absolute Gasteiger partial charge is 0.507 e. The molecule has 1 aromatic carbocycles. The molecule has 0 fully saturated rings. The van der Waals surface area contributed by atoms with E-state index in [-0.39, 0.29) is 23.3 Å². The van der Waals surface area contributed by atoms with Crippen LogP contribution in [0.15, 0.2) is 40.4 Å². The summed E-state index contributed by atoms with van der Waals surface area (Å²) in [7, 11) is 0. The fourth-order valence-corrected chi connectivity index (χ4v) is 3.24. The van der Waals surface area contributed by atoms with E-state index in [1.807, 2.05) is 19.9 Å². The first-order chi connectivity index (χ1) is 9.31. The molecule has 1 aromatic rings. The number of allylic oxidation sites excluding steroid dienone is 2. The molecule has 0 spiro atoms. The molecule has 0 amide bonds. The van der Waals surface area contributed by atoms with Crippen LogP contribution in [0.4, 0.5) is 0 Å². The summed E-state index contributed by atoms with van der Waals surface area (Å²) in [5, 5.41) is 30.3. The molecule has 0 aromatic heterocycles. The van der Waals surface area contributed by atoms with Crippen LogP contribution >= 0.6 is 15.9 Å². The lowest BCUT2D eigenvalue weighted by Gasteiger charge is -2.34. The van der Waals surface area contributed by atoms with Crippen LogP contribution in [0, 0.1) is 5.92 Å². The smallest absolute Gasteiger partial charge is 0.124 e. The van der Waals surface area contributed by atoms with E-state index in [2.05, 4.69) is 22.5 Å². The van der Waals surface area contributed by atoms with Gasteiger partial charge < -0.3 is 15.3 Å². The van der Waals surface area contributed by atoms with Gasteiger partial charge in [0.1, 0.15) is 11.5 Å². The van der Waals surface area contributed by atoms with E-state index in [1.54, 1.807) is 12.1 Å². The number of aliphatic hydroxyl groups excluding tert-OH is 1. The lowest BCUT2D eigenvalue weighted by molar-refractivity contribution is 0.168. The summed E-state index contributed by atoms with van der Waals surface area (Å²) in [5.74, 6) is -0.0854. The van der Waals surface area contributed by atoms with Crippen LogP contribution in [0.3, 0.4) is 0 Å². The molecule has 3 nitrogen and oxygen atoms in total. The lowest BCUT2D eigenvalue weighted by Crippen LogP contribution is -2.26. The third-order valence-corrected chi connectivity index (χ3v) is 4.40. The van der Waals surface area contributed by atoms with Crippen molar-refractivity contribution in [2.75, 3.05) is 0 Å². The molecule has 108 valence electrons. The summed E-state index contributed by atoms with van der Waals surface area (Å²) in [5.41, 5.74) is 2.28. The fraction of sp³-hybridized carbons (Fsp3) is 0.375. The number of aromatic hydroxyl groups is 2. The lowest BCUT2D eigenvalue weighted by atomic mass is 9.73. The summed E-state index contributed by atoms with van der Waals surface area (Å²) >= 11 is 3.24. The van der Waals surface area contributed by atoms with Crippen LogP contribution in [0.25, 0.3) is 0 Å². The van der Waals surface area contributed by atoms with Crippen molar-refractivity contribution < 1.29 is 15.3 Å². The number of rotatable bonds is 2. The molecule has 0 radical (unpaired) electrons. The summed E-state index contributed by atoms with van der Waals surface area (Å²) in [6.45, 7) is 7.75. The minimum Gasteiger partial charge on any atom is -0.507 e. The van der Waals surface area contributed by atoms with Crippen molar-refractivity contribution in [3.05, 3.63) is 46.0 Å². The first kappa shape index (κ1) is 15.1. The SMILES string of the molecule is C=C(C)[C@@H]1C[C@@H](O)C(C)=C[C@H]1c1c(O)cc(Br)cc1O. The van der Waals surface area contributed by atoms with Gasteiger partial charge in [0.2, 0.25) is 0 Å². The third kappa shape index (κ3) is 2.76. The van der Waals surface area contributed by atoms with E-state index in [0.29, 0.717) is 16.5 Å². The average molecular weight is 339 g/mol. The number of phenols is 2. The normalized spacial score (nSPS) is 26.2. The maximum atomic E-state index is 10.2. The van der Waals surface area contributed by atoms with Crippen molar-refractivity contribution in [1.82, 2.24) is 0 Å². The number of benzene rings is 1. The summed E-state index contributed by atoms with van der Waals surface area (Å²) in [6, 6.07) is 3.14. The Hall–Kier alpha value is -1.26. The number of hydrogen-bond acceptors (Lipinski definition) is 3. The molecule has 3 atom stereocenters.